The van der Waals surface area contributed by atoms with Gasteiger partial charge in [-0.25, -0.2) is 0 Å². The van der Waals surface area contributed by atoms with Gasteiger partial charge in [0.05, 0.1) is 11.2 Å². The molecular weight excluding hydrogens is 448 g/mol. The van der Waals surface area contributed by atoms with Crippen LogP contribution in [0.25, 0.3) is 10.9 Å². The SMILES string of the molecule is CC(=O)Oc1ccc2c(c1)c(N(CCCCCCC(=O)O)C(C)=O)c(C)n2C(=O)c1ccccc1. The smallest absolute Gasteiger partial charge is 0.308 e. The number of esters is 1. The lowest BCUT2D eigenvalue weighted by atomic mass is 10.1. The first-order valence-electron chi connectivity index (χ1n) is 11.6. The van der Waals surface area contributed by atoms with Crippen molar-refractivity contribution >= 4 is 40.3 Å². The summed E-state index contributed by atoms with van der Waals surface area (Å²) in [5.74, 6) is -1.36. The lowest BCUT2D eigenvalue weighted by Gasteiger charge is -2.22. The van der Waals surface area contributed by atoms with E-state index in [0.717, 1.165) is 12.8 Å². The zero-order valence-electron chi connectivity index (χ0n) is 20.2. The maximum Gasteiger partial charge on any atom is 0.308 e. The summed E-state index contributed by atoms with van der Waals surface area (Å²) in [4.78, 5) is 50.1. The largest absolute Gasteiger partial charge is 0.481 e. The number of carbonyl (C=O) groups is 4. The van der Waals surface area contributed by atoms with Crippen molar-refractivity contribution in [2.45, 2.75) is 52.9 Å². The number of ether oxygens (including phenoxy) is 1. The minimum Gasteiger partial charge on any atom is -0.481 e. The molecule has 0 aliphatic heterocycles. The van der Waals surface area contributed by atoms with Crippen LogP contribution in [-0.4, -0.2) is 40.0 Å². The average molecular weight is 479 g/mol. The van der Waals surface area contributed by atoms with E-state index in [2.05, 4.69) is 0 Å². The Morgan fingerprint density at radius 2 is 1.63 bits per heavy atom. The molecule has 0 spiro atoms. The molecule has 0 bridgehead atoms. The molecule has 8 heteroatoms. The molecule has 1 N–H and O–H groups in total. The number of nitrogens with zero attached hydrogens (tertiary/aromatic N) is 2. The first-order valence-corrected chi connectivity index (χ1v) is 11.6. The molecule has 0 saturated heterocycles. The molecule has 1 aromatic heterocycles. The van der Waals surface area contributed by atoms with Crippen LogP contribution in [0.15, 0.2) is 48.5 Å². The number of aliphatic carboxylic acids is 1. The van der Waals surface area contributed by atoms with Crippen LogP contribution in [-0.2, 0) is 14.4 Å². The monoisotopic (exact) mass is 478 g/mol. The number of hydrogen-bond acceptors (Lipinski definition) is 5. The normalized spacial score (nSPS) is 10.8. The van der Waals surface area contributed by atoms with Crippen molar-refractivity contribution in [1.82, 2.24) is 4.57 Å². The van der Waals surface area contributed by atoms with Crippen LogP contribution in [0.5, 0.6) is 5.75 Å². The van der Waals surface area contributed by atoms with Gasteiger partial charge >= 0.3 is 11.9 Å². The van der Waals surface area contributed by atoms with Crippen LogP contribution >= 0.6 is 0 Å². The van der Waals surface area contributed by atoms with Gasteiger partial charge in [-0.05, 0) is 50.1 Å². The molecule has 2 aromatic carbocycles. The molecule has 0 aliphatic rings. The predicted molar refractivity (Wildman–Crippen MR) is 133 cm³/mol. The summed E-state index contributed by atoms with van der Waals surface area (Å²) in [7, 11) is 0. The average Bonchev–Trinajstić information content (AvgIpc) is 3.08. The molecule has 0 unspecified atom stereocenters. The molecule has 8 nitrogen and oxygen atoms in total. The molecule has 3 aromatic rings. The van der Waals surface area contributed by atoms with Crippen LogP contribution in [0.3, 0.4) is 0 Å². The highest BCUT2D eigenvalue weighted by atomic mass is 16.5. The number of anilines is 1. The number of unbranched alkanes of at least 4 members (excludes halogenated alkanes) is 3. The molecule has 35 heavy (non-hydrogen) atoms. The number of hydrogen-bond donors (Lipinski definition) is 1. The second-order valence-electron chi connectivity index (χ2n) is 8.44. The summed E-state index contributed by atoms with van der Waals surface area (Å²) in [6.07, 6.45) is 2.93. The summed E-state index contributed by atoms with van der Waals surface area (Å²) in [6.45, 7) is 5.00. The second-order valence-corrected chi connectivity index (χ2v) is 8.44. The number of amides is 1. The molecule has 3 rings (SSSR count). The molecule has 0 fully saturated rings. The predicted octanol–water partition coefficient (Wildman–Crippen LogP) is 4.95. The maximum absolute atomic E-state index is 13.5. The van der Waals surface area contributed by atoms with Gasteiger partial charge in [-0.3, -0.25) is 23.7 Å². The minimum atomic E-state index is -0.814. The lowest BCUT2D eigenvalue weighted by molar-refractivity contribution is -0.137. The summed E-state index contributed by atoms with van der Waals surface area (Å²) >= 11 is 0. The zero-order chi connectivity index (χ0) is 25.5. The van der Waals surface area contributed by atoms with Gasteiger partial charge in [0.2, 0.25) is 5.91 Å². The Hall–Kier alpha value is -3.94. The molecule has 1 heterocycles. The zero-order valence-corrected chi connectivity index (χ0v) is 20.2. The standard InChI is InChI=1S/C27H30N2O6/c1-18-26(28(19(2)30)16-10-5-4-9-13-25(32)33)23-17-22(35-20(3)31)14-15-24(23)29(18)27(34)21-11-7-6-8-12-21/h6-8,11-12,14-15,17H,4-5,9-10,13,16H2,1-3H3,(H,32,33). The van der Waals surface area contributed by atoms with E-state index in [9.17, 15) is 19.2 Å². The van der Waals surface area contributed by atoms with E-state index in [0.29, 0.717) is 53.0 Å². The van der Waals surface area contributed by atoms with Crippen molar-refractivity contribution in [3.63, 3.8) is 0 Å². The van der Waals surface area contributed by atoms with Crippen LogP contribution < -0.4 is 9.64 Å². The Morgan fingerprint density at radius 1 is 0.943 bits per heavy atom. The lowest BCUT2D eigenvalue weighted by Crippen LogP contribution is -2.30. The van der Waals surface area contributed by atoms with Crippen molar-refractivity contribution in [1.29, 1.82) is 0 Å². The minimum absolute atomic E-state index is 0.129. The molecule has 0 aliphatic carbocycles. The van der Waals surface area contributed by atoms with Crippen LogP contribution in [0, 0.1) is 6.92 Å². The fraction of sp³-hybridized carbons (Fsp3) is 0.333. The number of benzene rings is 2. The van der Waals surface area contributed by atoms with Gasteiger partial charge in [0.25, 0.3) is 5.91 Å². The highest BCUT2D eigenvalue weighted by Crippen LogP contribution is 2.37. The number of rotatable bonds is 10. The van der Waals surface area contributed by atoms with E-state index in [4.69, 9.17) is 9.84 Å². The first-order chi connectivity index (χ1) is 16.7. The van der Waals surface area contributed by atoms with Gasteiger partial charge in [0.15, 0.2) is 0 Å². The number of carboxylic acids is 1. The Morgan fingerprint density at radius 3 is 2.26 bits per heavy atom. The van der Waals surface area contributed by atoms with Crippen molar-refractivity contribution < 1.29 is 29.0 Å². The van der Waals surface area contributed by atoms with Gasteiger partial charge in [-0.2, -0.15) is 0 Å². The van der Waals surface area contributed by atoms with Crippen molar-refractivity contribution in [3.05, 3.63) is 59.8 Å². The quantitative estimate of drug-likeness (QED) is 0.251. The first kappa shape index (κ1) is 25.7. The summed E-state index contributed by atoms with van der Waals surface area (Å²) < 4.78 is 6.86. The Bertz CT molecular complexity index is 1250. The van der Waals surface area contributed by atoms with Crippen LogP contribution in [0.1, 0.15) is 62.0 Å². The van der Waals surface area contributed by atoms with Gasteiger partial charge in [-0.15, -0.1) is 0 Å². The molecule has 0 saturated carbocycles. The van der Waals surface area contributed by atoms with E-state index >= 15 is 0 Å². The van der Waals surface area contributed by atoms with Crippen molar-refractivity contribution in [2.75, 3.05) is 11.4 Å². The second kappa shape index (κ2) is 11.5. The highest BCUT2D eigenvalue weighted by molar-refractivity contribution is 6.11. The maximum atomic E-state index is 13.5. The molecule has 0 atom stereocenters. The van der Waals surface area contributed by atoms with Crippen LogP contribution in [0.2, 0.25) is 0 Å². The van der Waals surface area contributed by atoms with Gasteiger partial charge in [0, 0.05) is 43.5 Å². The number of aromatic nitrogens is 1. The van der Waals surface area contributed by atoms with Crippen molar-refractivity contribution in [3.8, 4) is 5.75 Å². The van der Waals surface area contributed by atoms with Crippen LogP contribution in [0.4, 0.5) is 5.69 Å². The third kappa shape index (κ3) is 6.15. The van der Waals surface area contributed by atoms with E-state index in [1.165, 1.54) is 13.8 Å². The Labute approximate surface area is 204 Å². The third-order valence-electron chi connectivity index (χ3n) is 5.80. The van der Waals surface area contributed by atoms with Gasteiger partial charge < -0.3 is 14.7 Å². The number of carboxylic acid groups (broad SMARTS) is 1. The van der Waals surface area contributed by atoms with Crippen molar-refractivity contribution in [2.24, 2.45) is 0 Å². The van der Waals surface area contributed by atoms with E-state index in [-0.39, 0.29) is 18.2 Å². The van der Waals surface area contributed by atoms with E-state index in [1.54, 1.807) is 58.9 Å². The van der Waals surface area contributed by atoms with E-state index in [1.807, 2.05) is 6.07 Å². The fourth-order valence-corrected chi connectivity index (χ4v) is 4.25. The molecule has 0 radical (unpaired) electrons. The summed E-state index contributed by atoms with van der Waals surface area (Å²) in [5.41, 5.74) is 2.32. The van der Waals surface area contributed by atoms with Gasteiger partial charge in [-0.1, -0.05) is 31.0 Å². The molecule has 184 valence electrons. The number of carbonyl (C=O) groups excluding carboxylic acids is 3. The van der Waals surface area contributed by atoms with Gasteiger partial charge in [0.1, 0.15) is 5.75 Å². The topological polar surface area (TPSA) is 106 Å². The summed E-state index contributed by atoms with van der Waals surface area (Å²) in [6, 6.07) is 13.9. The number of fused-ring (bicyclic) bond motifs is 1. The fourth-order valence-electron chi connectivity index (χ4n) is 4.25. The highest BCUT2D eigenvalue weighted by Gasteiger charge is 2.25. The molecule has 1 amide bonds. The molecular formula is C27H30N2O6. The van der Waals surface area contributed by atoms with E-state index < -0.39 is 11.9 Å². The Kier molecular flexibility index (Phi) is 8.41. The Balaban J connectivity index is 2.03. The third-order valence-corrected chi connectivity index (χ3v) is 5.80. The summed E-state index contributed by atoms with van der Waals surface area (Å²) in [5, 5.41) is 9.43.